The lowest BCUT2D eigenvalue weighted by Crippen LogP contribution is -2.13. The zero-order chi connectivity index (χ0) is 14.0. The molecule has 18 heavy (non-hydrogen) atoms. The van der Waals surface area contributed by atoms with Gasteiger partial charge in [0.15, 0.2) is 0 Å². The number of non-ortho nitro benzene ring substituents is 1. The average molecular weight is 297 g/mol. The van der Waals surface area contributed by atoms with E-state index >= 15 is 0 Å². The molecule has 0 aromatic heterocycles. The Bertz CT molecular complexity index is 534. The van der Waals surface area contributed by atoms with Crippen LogP contribution in [0.2, 0.25) is 0 Å². The molecular weight excluding hydrogens is 292 g/mol. The van der Waals surface area contributed by atoms with Crippen molar-refractivity contribution < 1.29 is 37.6 Å². The lowest BCUT2D eigenvalue weighted by molar-refractivity contribution is -0.384. The van der Waals surface area contributed by atoms with E-state index in [-0.39, 0.29) is 5.69 Å². The van der Waals surface area contributed by atoms with E-state index in [0.29, 0.717) is 0 Å². The second kappa shape index (κ2) is 5.15. The van der Waals surface area contributed by atoms with Crippen molar-refractivity contribution in [2.24, 2.45) is 0 Å². The van der Waals surface area contributed by atoms with Crippen LogP contribution in [0.15, 0.2) is 24.3 Å². The Kier molecular flexibility index (Phi) is 4.23. The quantitative estimate of drug-likeness (QED) is 0.444. The van der Waals surface area contributed by atoms with Gasteiger partial charge >= 0.3 is 7.82 Å². The fraction of sp³-hybridized carbons (Fsp3) is 0. The number of phosphoric acid groups is 2. The molecule has 1 aromatic rings. The summed E-state index contributed by atoms with van der Waals surface area (Å²) < 4.78 is 28.6. The minimum Gasteiger partial charge on any atom is -0.756 e. The Morgan fingerprint density at radius 1 is 1.17 bits per heavy atom. The van der Waals surface area contributed by atoms with E-state index in [4.69, 9.17) is 4.89 Å². The predicted octanol–water partition coefficient (Wildman–Crippen LogP) is -0.0807. The zero-order valence-corrected chi connectivity index (χ0v) is 10.2. The maximum Gasteiger partial charge on any atom is 0.326 e. The molecule has 2 unspecified atom stereocenters. The maximum atomic E-state index is 11.0. The van der Waals surface area contributed by atoms with Gasteiger partial charge in [0.05, 0.1) is 4.92 Å². The number of benzene rings is 1. The first-order chi connectivity index (χ1) is 8.09. The number of hydrogen-bond donors (Lipinski definition) is 1. The summed E-state index contributed by atoms with van der Waals surface area (Å²) in [5.41, 5.74) is -0.319. The van der Waals surface area contributed by atoms with E-state index in [9.17, 15) is 29.0 Å². The van der Waals surface area contributed by atoms with Gasteiger partial charge in [-0.1, -0.05) is 0 Å². The van der Waals surface area contributed by atoms with Crippen LogP contribution >= 0.6 is 15.6 Å². The minimum atomic E-state index is -5.51. The Morgan fingerprint density at radius 2 is 1.67 bits per heavy atom. The van der Waals surface area contributed by atoms with E-state index in [0.717, 1.165) is 24.3 Å². The lowest BCUT2D eigenvalue weighted by Gasteiger charge is -2.27. The van der Waals surface area contributed by atoms with Crippen molar-refractivity contribution in [3.63, 3.8) is 0 Å². The molecule has 0 aliphatic rings. The molecule has 0 saturated carbocycles. The van der Waals surface area contributed by atoms with Gasteiger partial charge in [-0.15, -0.1) is 0 Å². The highest BCUT2D eigenvalue weighted by molar-refractivity contribution is 7.59. The smallest absolute Gasteiger partial charge is 0.326 e. The molecule has 1 aromatic carbocycles. The molecule has 0 spiro atoms. The molecule has 0 heterocycles. The molecule has 0 saturated heterocycles. The van der Waals surface area contributed by atoms with E-state index < -0.39 is 26.3 Å². The van der Waals surface area contributed by atoms with E-state index in [2.05, 4.69) is 8.83 Å². The van der Waals surface area contributed by atoms with Crippen LogP contribution in [0.1, 0.15) is 0 Å². The van der Waals surface area contributed by atoms with Gasteiger partial charge in [0, 0.05) is 12.1 Å². The lowest BCUT2D eigenvalue weighted by atomic mass is 10.3. The van der Waals surface area contributed by atoms with Crippen molar-refractivity contribution in [2.75, 3.05) is 0 Å². The van der Waals surface area contributed by atoms with Crippen LogP contribution in [0.25, 0.3) is 0 Å². The third kappa shape index (κ3) is 4.92. The van der Waals surface area contributed by atoms with Crippen LogP contribution in [-0.2, 0) is 13.4 Å². The number of hydrogen-bond acceptors (Lipinski definition) is 8. The molecule has 0 amide bonds. The maximum absolute atomic E-state index is 11.0. The van der Waals surface area contributed by atoms with Crippen molar-refractivity contribution in [3.8, 4) is 5.75 Å². The first-order valence-electron chi connectivity index (χ1n) is 4.09. The minimum absolute atomic E-state index is 0.319. The van der Waals surface area contributed by atoms with Crippen molar-refractivity contribution in [1.82, 2.24) is 0 Å². The highest BCUT2D eigenvalue weighted by atomic mass is 31.3. The standard InChI is InChI=1S/C6H7NO9P2/c8-7(9)5-1-3-6(4-2-5)15-18(13,14)16-17(10,11)12/h1-4H,(H,13,14)(H2,10,11,12)/p-2. The molecule has 12 heteroatoms. The third-order valence-corrected chi connectivity index (χ3v) is 3.53. The SMILES string of the molecule is O=[N+]([O-])c1ccc(OP(=O)([O-])OP(=O)([O-])O)cc1. The molecular formula is C6H5NO9P2-2. The third-order valence-electron chi connectivity index (χ3n) is 1.47. The predicted molar refractivity (Wildman–Crippen MR) is 52.2 cm³/mol. The molecule has 2 atom stereocenters. The second-order valence-electron chi connectivity index (χ2n) is 2.84. The Balaban J connectivity index is 2.82. The van der Waals surface area contributed by atoms with Crippen molar-refractivity contribution in [2.45, 2.75) is 0 Å². The summed E-state index contributed by atoms with van der Waals surface area (Å²) in [5.74, 6) is -0.410. The molecule has 10 nitrogen and oxygen atoms in total. The van der Waals surface area contributed by atoms with Gasteiger partial charge in [-0.05, 0) is 12.1 Å². The molecule has 0 aliphatic carbocycles. The average Bonchev–Trinajstić information content (AvgIpc) is 2.13. The van der Waals surface area contributed by atoms with E-state index in [1.165, 1.54) is 0 Å². The molecule has 100 valence electrons. The monoisotopic (exact) mass is 297 g/mol. The van der Waals surface area contributed by atoms with Crippen LogP contribution in [0.3, 0.4) is 0 Å². The summed E-state index contributed by atoms with van der Waals surface area (Å²) >= 11 is 0. The second-order valence-corrected chi connectivity index (χ2v) is 5.51. The zero-order valence-electron chi connectivity index (χ0n) is 8.36. The van der Waals surface area contributed by atoms with Crippen molar-refractivity contribution in [3.05, 3.63) is 34.4 Å². The molecule has 1 N–H and O–H groups in total. The highest BCUT2D eigenvalue weighted by Gasteiger charge is 2.18. The molecule has 0 radical (unpaired) electrons. The topological polar surface area (TPSA) is 162 Å². The highest BCUT2D eigenvalue weighted by Crippen LogP contribution is 2.52. The summed E-state index contributed by atoms with van der Waals surface area (Å²) in [5, 5.41) is 10.3. The fourth-order valence-electron chi connectivity index (χ4n) is 0.901. The molecule has 0 bridgehead atoms. The van der Waals surface area contributed by atoms with Gasteiger partial charge in [0.25, 0.3) is 13.5 Å². The van der Waals surface area contributed by atoms with Gasteiger partial charge in [0.2, 0.25) is 0 Å². The number of phosphoric ester groups is 1. The van der Waals surface area contributed by atoms with Crippen LogP contribution in [0.4, 0.5) is 5.69 Å². The fourth-order valence-corrected chi connectivity index (χ4v) is 2.43. The van der Waals surface area contributed by atoms with Crippen LogP contribution in [-0.4, -0.2) is 9.82 Å². The summed E-state index contributed by atoms with van der Waals surface area (Å²) in [4.78, 5) is 38.9. The van der Waals surface area contributed by atoms with E-state index in [1.54, 1.807) is 0 Å². The largest absolute Gasteiger partial charge is 0.756 e. The molecule has 0 fully saturated rings. The van der Waals surface area contributed by atoms with Crippen molar-refractivity contribution >= 4 is 21.3 Å². The number of nitro groups is 1. The summed E-state index contributed by atoms with van der Waals surface area (Å²) in [6, 6.07) is 3.70. The van der Waals surface area contributed by atoms with Crippen LogP contribution in [0, 0.1) is 10.1 Å². The van der Waals surface area contributed by atoms with Crippen LogP contribution < -0.4 is 14.3 Å². The number of rotatable bonds is 5. The van der Waals surface area contributed by atoms with Gasteiger partial charge in [0.1, 0.15) is 5.75 Å². The summed E-state index contributed by atoms with van der Waals surface area (Å²) in [7, 11) is -10.8. The van der Waals surface area contributed by atoms with Gasteiger partial charge in [-0.3, -0.25) is 19.2 Å². The van der Waals surface area contributed by atoms with Gasteiger partial charge in [-0.25, -0.2) is 4.31 Å². The van der Waals surface area contributed by atoms with Crippen molar-refractivity contribution in [1.29, 1.82) is 0 Å². The van der Waals surface area contributed by atoms with E-state index in [1.807, 2.05) is 0 Å². The normalized spacial score (nSPS) is 17.5. The molecule has 1 rings (SSSR count). The Labute approximate surface area is 99.8 Å². The number of nitro benzene ring substituents is 1. The first-order valence-corrected chi connectivity index (χ1v) is 7.05. The van der Waals surface area contributed by atoms with Crippen LogP contribution in [0.5, 0.6) is 5.75 Å². The number of nitrogens with zero attached hydrogens (tertiary/aromatic N) is 1. The Morgan fingerprint density at radius 3 is 2.06 bits per heavy atom. The summed E-state index contributed by atoms with van der Waals surface area (Å²) in [6.45, 7) is 0. The Hall–Kier alpha value is -1.28. The summed E-state index contributed by atoms with van der Waals surface area (Å²) in [6.07, 6.45) is 0. The van der Waals surface area contributed by atoms with Gasteiger partial charge < -0.3 is 19.2 Å². The molecule has 0 aliphatic heterocycles. The first kappa shape index (κ1) is 14.8. The van der Waals surface area contributed by atoms with Gasteiger partial charge in [-0.2, -0.15) is 0 Å².